The summed E-state index contributed by atoms with van der Waals surface area (Å²) in [6.07, 6.45) is -1.03. The number of amides is 4. The molecule has 1 fully saturated rings. The Morgan fingerprint density at radius 3 is 1.95 bits per heavy atom. The standard InChI is InChI=1S/C27H34N4O7/c1-15(2)13-21(25(35)30-20(24(28)34)14-17-5-9-19(33)10-6-17)31-27(37)23-22(38-23)26(36)29-12-11-16-3-7-18(32)8-4-16/h3-10,15,20-23,32-33H,11-14H2,1-2H3,(H2,28,34)(H,29,36)(H,30,35)(H,31,37)/t20?,21-,22?,23?/m0/s1. The van der Waals surface area contributed by atoms with Crippen LogP contribution in [-0.2, 0) is 36.8 Å². The van der Waals surface area contributed by atoms with Crippen LogP contribution >= 0.6 is 0 Å². The van der Waals surface area contributed by atoms with Crippen molar-refractivity contribution in [3.8, 4) is 11.5 Å². The largest absolute Gasteiger partial charge is 0.508 e. The van der Waals surface area contributed by atoms with Crippen LogP contribution in [0.1, 0.15) is 31.4 Å². The maximum Gasteiger partial charge on any atom is 0.253 e. The van der Waals surface area contributed by atoms with Crippen molar-refractivity contribution in [1.82, 2.24) is 16.0 Å². The van der Waals surface area contributed by atoms with Crippen molar-refractivity contribution in [2.75, 3.05) is 6.54 Å². The van der Waals surface area contributed by atoms with Crippen LogP contribution in [-0.4, -0.2) is 64.7 Å². The smallest absolute Gasteiger partial charge is 0.253 e. The van der Waals surface area contributed by atoms with Gasteiger partial charge in [-0.1, -0.05) is 38.1 Å². The summed E-state index contributed by atoms with van der Waals surface area (Å²) in [6, 6.07) is 10.8. The molecule has 0 saturated carbocycles. The minimum Gasteiger partial charge on any atom is -0.508 e. The molecule has 1 aliphatic heterocycles. The summed E-state index contributed by atoms with van der Waals surface area (Å²) in [7, 11) is 0. The average Bonchev–Trinajstić information content (AvgIpc) is 3.66. The number of carbonyl (C=O) groups is 4. The maximum atomic E-state index is 13.0. The fourth-order valence-electron chi connectivity index (χ4n) is 3.92. The van der Waals surface area contributed by atoms with Crippen LogP contribution in [0.3, 0.4) is 0 Å². The van der Waals surface area contributed by atoms with E-state index in [2.05, 4.69) is 16.0 Å². The summed E-state index contributed by atoms with van der Waals surface area (Å²) in [5.41, 5.74) is 7.10. The van der Waals surface area contributed by atoms with Gasteiger partial charge in [-0.3, -0.25) is 19.2 Å². The zero-order valence-corrected chi connectivity index (χ0v) is 21.3. The minimum atomic E-state index is -1.03. The second kappa shape index (κ2) is 12.9. The van der Waals surface area contributed by atoms with Crippen molar-refractivity contribution in [3.63, 3.8) is 0 Å². The van der Waals surface area contributed by atoms with Crippen LogP contribution in [0.25, 0.3) is 0 Å². The van der Waals surface area contributed by atoms with Gasteiger partial charge >= 0.3 is 0 Å². The zero-order chi connectivity index (χ0) is 27.8. The molecule has 1 aliphatic rings. The molecule has 11 nitrogen and oxygen atoms in total. The molecule has 0 aromatic heterocycles. The van der Waals surface area contributed by atoms with Crippen molar-refractivity contribution in [1.29, 1.82) is 0 Å². The molecule has 204 valence electrons. The summed E-state index contributed by atoms with van der Waals surface area (Å²) >= 11 is 0. The second-order valence-corrected chi connectivity index (χ2v) is 9.71. The van der Waals surface area contributed by atoms with Gasteiger partial charge in [-0.15, -0.1) is 0 Å². The number of hydrogen-bond donors (Lipinski definition) is 6. The third-order valence-corrected chi connectivity index (χ3v) is 6.03. The molecule has 0 bridgehead atoms. The fraction of sp³-hybridized carbons (Fsp3) is 0.407. The van der Waals surface area contributed by atoms with Crippen LogP contribution in [0, 0.1) is 5.92 Å². The molecule has 0 radical (unpaired) electrons. The lowest BCUT2D eigenvalue weighted by Crippen LogP contribution is -2.54. The van der Waals surface area contributed by atoms with E-state index in [1.54, 1.807) is 36.4 Å². The van der Waals surface area contributed by atoms with Crippen LogP contribution in [0.4, 0.5) is 0 Å². The van der Waals surface area contributed by atoms with E-state index in [1.165, 1.54) is 12.1 Å². The highest BCUT2D eigenvalue weighted by Crippen LogP contribution is 2.23. The minimum absolute atomic E-state index is 0.0364. The molecule has 1 heterocycles. The number of ether oxygens (including phenoxy) is 1. The number of primary amides is 1. The molecule has 4 atom stereocenters. The number of aromatic hydroxyl groups is 2. The second-order valence-electron chi connectivity index (χ2n) is 9.71. The van der Waals surface area contributed by atoms with Gasteiger partial charge in [-0.25, -0.2) is 0 Å². The van der Waals surface area contributed by atoms with Gasteiger partial charge in [-0.05, 0) is 54.2 Å². The predicted molar refractivity (Wildman–Crippen MR) is 138 cm³/mol. The molecule has 3 unspecified atom stereocenters. The van der Waals surface area contributed by atoms with Crippen molar-refractivity contribution in [2.24, 2.45) is 11.7 Å². The first kappa shape index (κ1) is 28.5. The topological polar surface area (TPSA) is 183 Å². The number of phenols is 2. The molecular formula is C27H34N4O7. The van der Waals surface area contributed by atoms with Crippen molar-refractivity contribution >= 4 is 23.6 Å². The number of nitrogens with one attached hydrogen (secondary N) is 3. The number of benzene rings is 2. The number of carbonyl (C=O) groups excluding carboxylic acids is 4. The normalized spacial score (nSPS) is 17.8. The molecular weight excluding hydrogens is 492 g/mol. The number of phenolic OH excluding ortho intramolecular Hbond substituents is 2. The Labute approximate surface area is 220 Å². The lowest BCUT2D eigenvalue weighted by molar-refractivity contribution is -0.132. The van der Waals surface area contributed by atoms with E-state index < -0.39 is 47.9 Å². The molecule has 4 amide bonds. The van der Waals surface area contributed by atoms with E-state index in [0.717, 1.165) is 5.56 Å². The van der Waals surface area contributed by atoms with Gasteiger partial charge < -0.3 is 36.6 Å². The molecule has 2 aromatic carbocycles. The molecule has 1 saturated heterocycles. The van der Waals surface area contributed by atoms with E-state index in [9.17, 15) is 29.4 Å². The molecule has 3 rings (SSSR count). The summed E-state index contributed by atoms with van der Waals surface area (Å²) < 4.78 is 5.27. The highest BCUT2D eigenvalue weighted by Gasteiger charge is 2.50. The Balaban J connectivity index is 1.52. The molecule has 11 heteroatoms. The Hall–Kier alpha value is -4.12. The summed E-state index contributed by atoms with van der Waals surface area (Å²) in [5, 5.41) is 26.7. The maximum absolute atomic E-state index is 13.0. The average molecular weight is 527 g/mol. The lowest BCUT2D eigenvalue weighted by Gasteiger charge is -2.23. The first-order valence-electron chi connectivity index (χ1n) is 12.4. The van der Waals surface area contributed by atoms with E-state index >= 15 is 0 Å². The number of nitrogens with two attached hydrogens (primary N) is 1. The Kier molecular flexibility index (Phi) is 9.66. The van der Waals surface area contributed by atoms with E-state index in [0.29, 0.717) is 24.9 Å². The first-order chi connectivity index (χ1) is 18.0. The monoisotopic (exact) mass is 526 g/mol. The quantitative estimate of drug-likeness (QED) is 0.202. The number of epoxide rings is 1. The predicted octanol–water partition coefficient (Wildman–Crippen LogP) is 0.268. The zero-order valence-electron chi connectivity index (χ0n) is 21.3. The molecule has 38 heavy (non-hydrogen) atoms. The Morgan fingerprint density at radius 2 is 1.39 bits per heavy atom. The molecule has 7 N–H and O–H groups in total. The van der Waals surface area contributed by atoms with E-state index in [-0.39, 0.29) is 23.8 Å². The third kappa shape index (κ3) is 8.48. The van der Waals surface area contributed by atoms with E-state index in [4.69, 9.17) is 10.5 Å². The van der Waals surface area contributed by atoms with Crippen molar-refractivity contribution in [3.05, 3.63) is 59.7 Å². The van der Waals surface area contributed by atoms with Crippen LogP contribution in [0.15, 0.2) is 48.5 Å². The molecule has 0 aliphatic carbocycles. The SMILES string of the molecule is CC(C)C[C@H](NC(=O)C1OC1C(=O)NCCc1ccc(O)cc1)C(=O)NC(Cc1ccc(O)cc1)C(N)=O. The van der Waals surface area contributed by atoms with Crippen molar-refractivity contribution in [2.45, 2.75) is 57.4 Å². The van der Waals surface area contributed by atoms with Gasteiger partial charge in [0.25, 0.3) is 11.8 Å². The van der Waals surface area contributed by atoms with Crippen LogP contribution < -0.4 is 21.7 Å². The third-order valence-electron chi connectivity index (χ3n) is 6.03. The van der Waals surface area contributed by atoms with E-state index in [1.807, 2.05) is 13.8 Å². The summed E-state index contributed by atoms with van der Waals surface area (Å²) in [4.78, 5) is 50.1. The lowest BCUT2D eigenvalue weighted by atomic mass is 10.0. The summed E-state index contributed by atoms with van der Waals surface area (Å²) in [6.45, 7) is 4.09. The Bertz CT molecular complexity index is 1140. The molecule has 2 aromatic rings. The van der Waals surface area contributed by atoms with Crippen molar-refractivity contribution < 1.29 is 34.1 Å². The molecule has 0 spiro atoms. The van der Waals surface area contributed by atoms with Gasteiger partial charge in [0, 0.05) is 13.0 Å². The van der Waals surface area contributed by atoms with Gasteiger partial charge in [0.15, 0.2) is 12.2 Å². The first-order valence-corrected chi connectivity index (χ1v) is 12.4. The highest BCUT2D eigenvalue weighted by atomic mass is 16.6. The van der Waals surface area contributed by atoms with Gasteiger partial charge in [-0.2, -0.15) is 0 Å². The fourth-order valence-corrected chi connectivity index (χ4v) is 3.92. The van der Waals surface area contributed by atoms with Gasteiger partial charge in [0.05, 0.1) is 0 Å². The number of hydrogen-bond acceptors (Lipinski definition) is 7. The number of rotatable bonds is 13. The van der Waals surface area contributed by atoms with Crippen LogP contribution in [0.2, 0.25) is 0 Å². The Morgan fingerprint density at radius 1 is 0.842 bits per heavy atom. The van der Waals surface area contributed by atoms with Gasteiger partial charge in [0.1, 0.15) is 23.6 Å². The van der Waals surface area contributed by atoms with Gasteiger partial charge in [0.2, 0.25) is 11.8 Å². The highest BCUT2D eigenvalue weighted by molar-refractivity contribution is 5.97. The summed E-state index contributed by atoms with van der Waals surface area (Å²) in [5.74, 6) is -2.09. The van der Waals surface area contributed by atoms with Crippen LogP contribution in [0.5, 0.6) is 11.5 Å².